The van der Waals surface area contributed by atoms with E-state index in [-0.39, 0.29) is 19.0 Å². The van der Waals surface area contributed by atoms with Crippen molar-refractivity contribution in [1.82, 2.24) is 4.98 Å². The van der Waals surface area contributed by atoms with Crippen molar-refractivity contribution in [2.45, 2.75) is 13.0 Å². The molecule has 0 spiro atoms. The fourth-order valence-electron chi connectivity index (χ4n) is 2.34. The summed E-state index contributed by atoms with van der Waals surface area (Å²) in [5.74, 6) is -0.222. The predicted molar refractivity (Wildman–Crippen MR) is 79.4 cm³/mol. The number of benzene rings is 1. The van der Waals surface area contributed by atoms with Gasteiger partial charge in [-0.3, -0.25) is 4.79 Å². The largest absolute Gasteiger partial charge is 0.459 e. The van der Waals surface area contributed by atoms with Gasteiger partial charge in [-0.25, -0.2) is 4.57 Å². The molecule has 2 aromatic heterocycles. The number of ether oxygens (including phenoxy) is 1. The van der Waals surface area contributed by atoms with Crippen LogP contribution in [0.2, 0.25) is 0 Å². The van der Waals surface area contributed by atoms with Gasteiger partial charge in [0, 0.05) is 17.1 Å². The average Bonchev–Trinajstić information content (AvgIpc) is 2.88. The normalized spacial score (nSPS) is 10.7. The maximum Gasteiger partial charge on any atom is 0.310 e. The van der Waals surface area contributed by atoms with Crippen LogP contribution in [0, 0.1) is 0 Å². The first-order valence-electron chi connectivity index (χ1n) is 6.87. The summed E-state index contributed by atoms with van der Waals surface area (Å²) in [5.41, 5.74) is 2.91. The number of hydrogen-bond acceptors (Lipinski definition) is 2. The van der Waals surface area contributed by atoms with E-state index in [1.807, 2.05) is 66.5 Å². The third-order valence-corrected chi connectivity index (χ3v) is 3.32. The quantitative estimate of drug-likeness (QED) is 0.589. The molecule has 0 aliphatic heterocycles. The molecule has 21 heavy (non-hydrogen) atoms. The lowest BCUT2D eigenvalue weighted by Gasteiger charge is -2.02. The van der Waals surface area contributed by atoms with Crippen LogP contribution in [0.1, 0.15) is 11.3 Å². The van der Waals surface area contributed by atoms with E-state index in [1.165, 1.54) is 0 Å². The number of pyridine rings is 1. The molecular weight excluding hydrogens is 264 g/mol. The predicted octanol–water partition coefficient (Wildman–Crippen LogP) is 2.28. The van der Waals surface area contributed by atoms with E-state index < -0.39 is 0 Å². The number of nitrogens with zero attached hydrogens (tertiary/aromatic N) is 1. The summed E-state index contributed by atoms with van der Waals surface area (Å²) >= 11 is 0. The van der Waals surface area contributed by atoms with Crippen LogP contribution in [0.3, 0.4) is 0 Å². The van der Waals surface area contributed by atoms with E-state index in [4.69, 9.17) is 4.74 Å². The number of fused-ring (bicyclic) bond motifs is 1. The van der Waals surface area contributed by atoms with E-state index in [1.54, 1.807) is 0 Å². The second kappa shape index (κ2) is 5.79. The summed E-state index contributed by atoms with van der Waals surface area (Å²) in [6, 6.07) is 13.8. The summed E-state index contributed by atoms with van der Waals surface area (Å²) in [7, 11) is 1.93. The van der Waals surface area contributed by atoms with Crippen LogP contribution in [0.4, 0.5) is 0 Å². The summed E-state index contributed by atoms with van der Waals surface area (Å²) in [6.07, 6.45) is 4.14. The molecule has 4 nitrogen and oxygen atoms in total. The topological polar surface area (TPSA) is 46.0 Å². The van der Waals surface area contributed by atoms with Crippen molar-refractivity contribution in [2.24, 2.45) is 7.05 Å². The maximum absolute atomic E-state index is 11.9. The summed E-state index contributed by atoms with van der Waals surface area (Å²) < 4.78 is 7.24. The van der Waals surface area contributed by atoms with Crippen molar-refractivity contribution in [3.8, 4) is 0 Å². The van der Waals surface area contributed by atoms with Crippen molar-refractivity contribution >= 4 is 16.9 Å². The van der Waals surface area contributed by atoms with Crippen LogP contribution in [0.25, 0.3) is 10.9 Å². The van der Waals surface area contributed by atoms with Gasteiger partial charge < -0.3 is 9.72 Å². The molecule has 106 valence electrons. The Morgan fingerprint density at radius 3 is 2.90 bits per heavy atom. The third kappa shape index (κ3) is 3.28. The number of carbonyl (C=O) groups is 1. The van der Waals surface area contributed by atoms with Crippen molar-refractivity contribution < 1.29 is 14.1 Å². The number of aryl methyl sites for hydroxylation is 1. The number of rotatable bonds is 4. The molecule has 3 aromatic rings. The molecule has 0 bridgehead atoms. The number of H-pyrrole nitrogens is 1. The molecule has 1 aromatic carbocycles. The first-order chi connectivity index (χ1) is 10.2. The Kier molecular flexibility index (Phi) is 3.69. The standard InChI is InChI=1S/C17H17N2O2/c1-19-8-4-5-13(11-19)9-17(20)21-12-15-10-14-6-2-3-7-16(14)18-15/h2-8,10-11,18H,9,12H2,1H3/q+1. The van der Waals surface area contributed by atoms with Gasteiger partial charge in [0.2, 0.25) is 0 Å². The molecule has 0 saturated carbocycles. The van der Waals surface area contributed by atoms with Gasteiger partial charge in [0.25, 0.3) is 0 Å². The van der Waals surface area contributed by atoms with Crippen LogP contribution >= 0.6 is 0 Å². The van der Waals surface area contributed by atoms with Gasteiger partial charge in [-0.2, -0.15) is 0 Å². The zero-order valence-electron chi connectivity index (χ0n) is 11.9. The fraction of sp³-hybridized carbons (Fsp3) is 0.176. The Morgan fingerprint density at radius 1 is 1.24 bits per heavy atom. The Balaban J connectivity index is 1.60. The molecule has 1 N–H and O–H groups in total. The van der Waals surface area contributed by atoms with Crippen molar-refractivity contribution in [1.29, 1.82) is 0 Å². The Hall–Kier alpha value is -2.62. The van der Waals surface area contributed by atoms with Crippen LogP contribution in [-0.2, 0) is 29.6 Å². The van der Waals surface area contributed by atoms with Crippen LogP contribution in [0.15, 0.2) is 54.9 Å². The van der Waals surface area contributed by atoms with E-state index in [9.17, 15) is 4.79 Å². The van der Waals surface area contributed by atoms with Crippen LogP contribution in [-0.4, -0.2) is 11.0 Å². The minimum Gasteiger partial charge on any atom is -0.459 e. The molecule has 0 unspecified atom stereocenters. The molecule has 3 rings (SSSR count). The minimum atomic E-state index is -0.222. The Bertz CT molecular complexity index is 744. The second-order valence-corrected chi connectivity index (χ2v) is 5.10. The number of carbonyl (C=O) groups excluding carboxylic acids is 1. The molecule has 0 saturated heterocycles. The molecule has 0 fully saturated rings. The molecule has 0 aliphatic carbocycles. The summed E-state index contributed by atoms with van der Waals surface area (Å²) in [6.45, 7) is 0.270. The molecule has 0 atom stereocenters. The molecule has 2 heterocycles. The highest BCUT2D eigenvalue weighted by Gasteiger charge is 2.09. The lowest BCUT2D eigenvalue weighted by Crippen LogP contribution is -2.27. The van der Waals surface area contributed by atoms with Gasteiger partial charge in [0.1, 0.15) is 13.7 Å². The van der Waals surface area contributed by atoms with Crippen molar-refractivity contribution in [3.63, 3.8) is 0 Å². The highest BCUT2D eigenvalue weighted by Crippen LogP contribution is 2.15. The van der Waals surface area contributed by atoms with Crippen molar-refractivity contribution in [2.75, 3.05) is 0 Å². The van der Waals surface area contributed by atoms with E-state index in [0.717, 1.165) is 22.2 Å². The maximum atomic E-state index is 11.9. The van der Waals surface area contributed by atoms with Gasteiger partial charge in [-0.15, -0.1) is 0 Å². The summed E-state index contributed by atoms with van der Waals surface area (Å²) in [4.78, 5) is 15.1. The smallest absolute Gasteiger partial charge is 0.310 e. The third-order valence-electron chi connectivity index (χ3n) is 3.32. The Morgan fingerprint density at radius 2 is 2.10 bits per heavy atom. The van der Waals surface area contributed by atoms with Gasteiger partial charge in [0.05, 0.1) is 12.1 Å². The second-order valence-electron chi connectivity index (χ2n) is 5.10. The lowest BCUT2D eigenvalue weighted by molar-refractivity contribution is -0.671. The minimum absolute atomic E-state index is 0.222. The van der Waals surface area contributed by atoms with Gasteiger partial charge in [-0.1, -0.05) is 18.2 Å². The molecule has 4 heteroatoms. The zero-order valence-corrected chi connectivity index (χ0v) is 11.9. The highest BCUT2D eigenvalue weighted by molar-refractivity contribution is 5.80. The molecule has 0 amide bonds. The van der Waals surface area contributed by atoms with Gasteiger partial charge >= 0.3 is 5.97 Å². The highest BCUT2D eigenvalue weighted by atomic mass is 16.5. The lowest BCUT2D eigenvalue weighted by atomic mass is 10.2. The van der Waals surface area contributed by atoms with E-state index in [0.29, 0.717) is 0 Å². The number of para-hydroxylation sites is 1. The van der Waals surface area contributed by atoms with Crippen LogP contribution in [0.5, 0.6) is 0 Å². The van der Waals surface area contributed by atoms with Crippen LogP contribution < -0.4 is 4.57 Å². The van der Waals surface area contributed by atoms with Gasteiger partial charge in [-0.05, 0) is 23.6 Å². The SMILES string of the molecule is C[n+]1cccc(CC(=O)OCc2cc3ccccc3[nH]2)c1. The summed E-state index contributed by atoms with van der Waals surface area (Å²) in [5, 5.41) is 1.12. The van der Waals surface area contributed by atoms with Gasteiger partial charge in [0.15, 0.2) is 12.4 Å². The number of esters is 1. The average molecular weight is 281 g/mol. The fourth-order valence-corrected chi connectivity index (χ4v) is 2.34. The van der Waals surface area contributed by atoms with Crippen molar-refractivity contribution in [3.05, 3.63) is 66.1 Å². The Labute approximate surface area is 123 Å². The molecule has 0 aliphatic rings. The van der Waals surface area contributed by atoms with E-state index >= 15 is 0 Å². The number of nitrogens with one attached hydrogen (secondary N) is 1. The van der Waals surface area contributed by atoms with E-state index in [2.05, 4.69) is 4.98 Å². The molecule has 0 radical (unpaired) electrons. The number of aromatic nitrogens is 2. The zero-order chi connectivity index (χ0) is 14.7. The number of hydrogen-bond donors (Lipinski definition) is 1. The molecular formula is C17H17N2O2+. The first-order valence-corrected chi connectivity index (χ1v) is 6.87. The first kappa shape index (κ1) is 13.4. The monoisotopic (exact) mass is 281 g/mol. The number of aromatic amines is 1.